The Bertz CT molecular complexity index is 1520. The van der Waals surface area contributed by atoms with Gasteiger partial charge in [0.2, 0.25) is 5.13 Å². The number of rotatable bonds is 6. The lowest BCUT2D eigenvalue weighted by Crippen LogP contribution is -2.29. The summed E-state index contributed by atoms with van der Waals surface area (Å²) in [6, 6.07) is 21.5. The number of carbonyl (C=O) groups is 2. The molecule has 1 atom stereocenters. The Morgan fingerprint density at radius 1 is 1.03 bits per heavy atom. The zero-order valence-electron chi connectivity index (χ0n) is 20.0. The highest BCUT2D eigenvalue weighted by Crippen LogP contribution is 2.44. The van der Waals surface area contributed by atoms with Gasteiger partial charge in [0.15, 0.2) is 4.34 Å². The summed E-state index contributed by atoms with van der Waals surface area (Å²) in [7, 11) is 0. The van der Waals surface area contributed by atoms with E-state index in [-0.39, 0.29) is 11.3 Å². The van der Waals surface area contributed by atoms with Crippen LogP contribution in [0.1, 0.15) is 33.9 Å². The number of benzene rings is 3. The normalized spacial score (nSPS) is 16.9. The molecule has 1 aromatic heterocycles. The van der Waals surface area contributed by atoms with Gasteiger partial charge in [0.05, 0.1) is 11.6 Å². The molecular formula is C28H22ClN3O3S2. The predicted molar refractivity (Wildman–Crippen MR) is 148 cm³/mol. The Morgan fingerprint density at radius 2 is 1.76 bits per heavy atom. The quantitative estimate of drug-likeness (QED) is 0.0947. The van der Waals surface area contributed by atoms with Crippen LogP contribution in [0.3, 0.4) is 0 Å². The highest BCUT2D eigenvalue weighted by atomic mass is 35.5. The second kappa shape index (κ2) is 10.5. The molecule has 1 saturated heterocycles. The number of thioether (sulfide) groups is 1. The van der Waals surface area contributed by atoms with E-state index < -0.39 is 17.7 Å². The van der Waals surface area contributed by atoms with E-state index in [9.17, 15) is 14.7 Å². The number of ketones is 1. The van der Waals surface area contributed by atoms with Gasteiger partial charge in [-0.05, 0) is 48.7 Å². The van der Waals surface area contributed by atoms with Crippen LogP contribution in [0.2, 0.25) is 5.02 Å². The van der Waals surface area contributed by atoms with Crippen LogP contribution in [0, 0.1) is 13.8 Å². The summed E-state index contributed by atoms with van der Waals surface area (Å²) in [5.74, 6) is -1.04. The van der Waals surface area contributed by atoms with Crippen molar-refractivity contribution in [2.24, 2.45) is 0 Å². The van der Waals surface area contributed by atoms with Crippen molar-refractivity contribution in [1.82, 2.24) is 10.2 Å². The Balaban J connectivity index is 1.54. The topological polar surface area (TPSA) is 83.4 Å². The number of amides is 1. The summed E-state index contributed by atoms with van der Waals surface area (Å²) in [6.45, 7) is 3.77. The average molecular weight is 548 g/mol. The molecule has 1 N–H and O–H groups in total. The van der Waals surface area contributed by atoms with E-state index in [1.807, 2.05) is 86.6 Å². The van der Waals surface area contributed by atoms with Gasteiger partial charge in [-0.25, -0.2) is 0 Å². The number of aliphatic hydroxyl groups is 1. The van der Waals surface area contributed by atoms with Crippen molar-refractivity contribution in [3.63, 3.8) is 0 Å². The molecule has 37 heavy (non-hydrogen) atoms. The zero-order valence-corrected chi connectivity index (χ0v) is 22.4. The monoisotopic (exact) mass is 547 g/mol. The third-order valence-electron chi connectivity index (χ3n) is 6.09. The van der Waals surface area contributed by atoms with Gasteiger partial charge in [-0.2, -0.15) is 0 Å². The van der Waals surface area contributed by atoms with Crippen LogP contribution in [-0.4, -0.2) is 27.0 Å². The molecule has 6 nitrogen and oxygen atoms in total. The van der Waals surface area contributed by atoms with E-state index in [1.54, 1.807) is 0 Å². The Hall–Kier alpha value is -3.46. The second-order valence-corrected chi connectivity index (χ2v) is 11.3. The molecule has 1 aliphatic heterocycles. The van der Waals surface area contributed by atoms with Crippen LogP contribution in [0.25, 0.3) is 5.76 Å². The largest absolute Gasteiger partial charge is 0.507 e. The van der Waals surface area contributed by atoms with Crippen LogP contribution in [0.15, 0.2) is 82.7 Å². The van der Waals surface area contributed by atoms with Crippen molar-refractivity contribution in [2.45, 2.75) is 30.0 Å². The van der Waals surface area contributed by atoms with Gasteiger partial charge in [-0.1, -0.05) is 94.9 Å². The van der Waals surface area contributed by atoms with Crippen LogP contribution < -0.4 is 4.90 Å². The van der Waals surface area contributed by atoms with Crippen LogP contribution in [-0.2, 0) is 15.3 Å². The molecule has 0 bridgehead atoms. The fourth-order valence-electron chi connectivity index (χ4n) is 4.20. The molecule has 0 spiro atoms. The lowest BCUT2D eigenvalue weighted by Gasteiger charge is -2.22. The SMILES string of the molecule is Cc1ccc(C)c(/C(O)=C2\C(=O)C(=O)N(c3nnc(SCc4ccc(Cl)cc4)s3)C2c2ccccc2)c1. The fourth-order valence-corrected chi connectivity index (χ4v) is 6.15. The molecule has 5 rings (SSSR count). The summed E-state index contributed by atoms with van der Waals surface area (Å²) in [5, 5.41) is 20.9. The molecule has 1 amide bonds. The minimum atomic E-state index is -0.830. The van der Waals surface area contributed by atoms with Gasteiger partial charge in [-0.15, -0.1) is 10.2 Å². The number of halogens is 1. The number of aromatic nitrogens is 2. The molecule has 9 heteroatoms. The first-order chi connectivity index (χ1) is 17.8. The number of Topliss-reactive ketones (excluding diaryl/α,β-unsaturated/α-hetero) is 1. The number of hydrogen-bond donors (Lipinski definition) is 1. The number of hydrogen-bond acceptors (Lipinski definition) is 7. The highest BCUT2D eigenvalue weighted by molar-refractivity contribution is 8.00. The van der Waals surface area contributed by atoms with Gasteiger partial charge in [-0.3, -0.25) is 14.5 Å². The fraction of sp³-hybridized carbons (Fsp3) is 0.143. The van der Waals surface area contributed by atoms with Crippen LogP contribution in [0.4, 0.5) is 5.13 Å². The first kappa shape index (κ1) is 25.2. The van der Waals surface area contributed by atoms with Gasteiger partial charge in [0.1, 0.15) is 5.76 Å². The van der Waals surface area contributed by atoms with E-state index in [1.165, 1.54) is 28.0 Å². The smallest absolute Gasteiger partial charge is 0.301 e. The third kappa shape index (κ3) is 5.05. The molecule has 0 aliphatic carbocycles. The first-order valence-electron chi connectivity index (χ1n) is 11.5. The number of aryl methyl sites for hydroxylation is 2. The standard InChI is InChI=1S/C28H22ClN3O3S2/c1-16-8-9-17(2)21(14-16)24(33)22-23(19-6-4-3-5-7-19)32(26(35)25(22)34)27-30-31-28(37-27)36-15-18-10-12-20(29)13-11-18/h3-14,23,33H,15H2,1-2H3/b24-22+. The molecule has 186 valence electrons. The maximum atomic E-state index is 13.4. The summed E-state index contributed by atoms with van der Waals surface area (Å²) in [6.07, 6.45) is 0. The molecule has 1 fully saturated rings. The van der Waals surface area contributed by atoms with E-state index >= 15 is 0 Å². The molecule has 4 aromatic rings. The molecule has 1 unspecified atom stereocenters. The lowest BCUT2D eigenvalue weighted by atomic mass is 9.93. The predicted octanol–water partition coefficient (Wildman–Crippen LogP) is 6.73. The first-order valence-corrected chi connectivity index (χ1v) is 13.7. The summed E-state index contributed by atoms with van der Waals surface area (Å²) >= 11 is 8.69. The van der Waals surface area contributed by atoms with Gasteiger partial charge < -0.3 is 5.11 Å². The average Bonchev–Trinajstić information content (AvgIpc) is 3.47. The maximum absolute atomic E-state index is 13.4. The van der Waals surface area contributed by atoms with Crippen molar-refractivity contribution in [3.05, 3.63) is 111 Å². The van der Waals surface area contributed by atoms with E-state index in [4.69, 9.17) is 11.6 Å². The molecule has 3 aromatic carbocycles. The van der Waals surface area contributed by atoms with Crippen LogP contribution in [0.5, 0.6) is 0 Å². The van der Waals surface area contributed by atoms with E-state index in [0.717, 1.165) is 16.7 Å². The van der Waals surface area contributed by atoms with E-state index in [0.29, 0.717) is 31.4 Å². The van der Waals surface area contributed by atoms with Gasteiger partial charge >= 0.3 is 5.91 Å². The molecule has 1 aliphatic rings. The number of anilines is 1. The third-order valence-corrected chi connectivity index (χ3v) is 8.46. The van der Waals surface area contributed by atoms with Crippen molar-refractivity contribution >= 4 is 57.3 Å². The zero-order chi connectivity index (χ0) is 26.1. The Labute approximate surface area is 227 Å². The molecule has 0 radical (unpaired) electrons. The molecule has 2 heterocycles. The Morgan fingerprint density at radius 3 is 2.49 bits per heavy atom. The number of aliphatic hydroxyl groups excluding tert-OH is 1. The van der Waals surface area contributed by atoms with Crippen LogP contribution >= 0.6 is 34.7 Å². The van der Waals surface area contributed by atoms with Gasteiger partial charge in [0.25, 0.3) is 5.78 Å². The summed E-state index contributed by atoms with van der Waals surface area (Å²) in [5.41, 5.74) is 4.07. The van der Waals surface area contributed by atoms with Crippen molar-refractivity contribution < 1.29 is 14.7 Å². The number of carbonyl (C=O) groups excluding carboxylic acids is 2. The second-order valence-electron chi connectivity index (χ2n) is 8.66. The molecule has 0 saturated carbocycles. The lowest BCUT2D eigenvalue weighted by molar-refractivity contribution is -0.132. The van der Waals surface area contributed by atoms with Crippen molar-refractivity contribution in [3.8, 4) is 0 Å². The Kier molecular flexibility index (Phi) is 7.15. The highest BCUT2D eigenvalue weighted by Gasteiger charge is 2.48. The van der Waals surface area contributed by atoms with Gasteiger partial charge in [0, 0.05) is 16.3 Å². The maximum Gasteiger partial charge on any atom is 0.301 e. The minimum absolute atomic E-state index is 0.0375. The minimum Gasteiger partial charge on any atom is -0.507 e. The van der Waals surface area contributed by atoms with E-state index in [2.05, 4.69) is 10.2 Å². The summed E-state index contributed by atoms with van der Waals surface area (Å²) < 4.78 is 0.660. The number of nitrogens with zero attached hydrogens (tertiary/aromatic N) is 3. The van der Waals surface area contributed by atoms with Crippen molar-refractivity contribution in [2.75, 3.05) is 4.90 Å². The summed E-state index contributed by atoms with van der Waals surface area (Å²) in [4.78, 5) is 28.1. The molecular weight excluding hydrogens is 526 g/mol. The van der Waals surface area contributed by atoms with Crippen molar-refractivity contribution in [1.29, 1.82) is 0 Å².